The lowest BCUT2D eigenvalue weighted by atomic mass is 10.2. The molecule has 0 saturated carbocycles. The van der Waals surface area contributed by atoms with Gasteiger partial charge >= 0.3 is 0 Å². The van der Waals surface area contributed by atoms with Gasteiger partial charge < -0.3 is 10.1 Å². The number of rotatable bonds is 7. The molecule has 0 aliphatic heterocycles. The van der Waals surface area contributed by atoms with E-state index in [1.54, 1.807) is 13.3 Å². The summed E-state index contributed by atoms with van der Waals surface area (Å²) in [4.78, 5) is 5.23. The van der Waals surface area contributed by atoms with Crippen molar-refractivity contribution in [3.63, 3.8) is 0 Å². The lowest BCUT2D eigenvalue weighted by Crippen LogP contribution is -2.18. The van der Waals surface area contributed by atoms with Gasteiger partial charge in [-0.1, -0.05) is 41.0 Å². The van der Waals surface area contributed by atoms with Gasteiger partial charge in [-0.25, -0.2) is 4.98 Å². The first-order chi connectivity index (χ1) is 10.2. The van der Waals surface area contributed by atoms with Gasteiger partial charge in [-0.15, -0.1) is 0 Å². The number of hydrogen-bond donors (Lipinski definition) is 1. The number of hydrogen-bond acceptors (Lipinski definition) is 4. The number of nitrogens with one attached hydrogen (secondary N) is 1. The predicted octanol–water partition coefficient (Wildman–Crippen LogP) is 4.28. The van der Waals surface area contributed by atoms with E-state index in [1.807, 2.05) is 24.3 Å². The summed E-state index contributed by atoms with van der Waals surface area (Å²) in [6, 6.07) is 9.74. The molecule has 1 aromatic carbocycles. The maximum atomic E-state index is 6.32. The molecule has 0 aliphatic carbocycles. The van der Waals surface area contributed by atoms with Gasteiger partial charge in [0.25, 0.3) is 0 Å². The largest absolute Gasteiger partial charge is 0.383 e. The third kappa shape index (κ3) is 5.49. The fourth-order valence-corrected chi connectivity index (χ4v) is 2.87. The summed E-state index contributed by atoms with van der Waals surface area (Å²) in [5.74, 6) is 0. The van der Waals surface area contributed by atoms with E-state index in [4.69, 9.17) is 27.9 Å². The van der Waals surface area contributed by atoms with E-state index in [9.17, 15) is 0 Å². The smallest absolute Gasteiger partial charge is 0.101 e. The fraction of sp³-hybridized carbons (Fsp3) is 0.267. The van der Waals surface area contributed by atoms with Crippen LogP contribution in [0.2, 0.25) is 10.0 Å². The molecule has 0 unspecified atom stereocenters. The van der Waals surface area contributed by atoms with E-state index in [0.29, 0.717) is 11.6 Å². The molecular weight excluding hydrogens is 327 g/mol. The van der Waals surface area contributed by atoms with E-state index in [0.717, 1.165) is 33.6 Å². The van der Waals surface area contributed by atoms with Crippen LogP contribution in [0.4, 0.5) is 0 Å². The van der Waals surface area contributed by atoms with Crippen molar-refractivity contribution in [2.24, 2.45) is 0 Å². The Balaban J connectivity index is 1.97. The fourth-order valence-electron chi connectivity index (χ4n) is 1.68. The van der Waals surface area contributed by atoms with Crippen LogP contribution in [0.3, 0.4) is 0 Å². The van der Waals surface area contributed by atoms with Crippen LogP contribution in [-0.2, 0) is 11.3 Å². The van der Waals surface area contributed by atoms with Crippen LogP contribution in [0.25, 0.3) is 0 Å². The Bertz CT molecular complexity index is 578. The molecule has 0 aliphatic rings. The van der Waals surface area contributed by atoms with Crippen LogP contribution >= 0.6 is 35.0 Å². The molecule has 3 nitrogen and oxygen atoms in total. The van der Waals surface area contributed by atoms with Crippen molar-refractivity contribution in [3.8, 4) is 0 Å². The number of methoxy groups -OCH3 is 1. The van der Waals surface area contributed by atoms with Gasteiger partial charge in [-0.3, -0.25) is 0 Å². The van der Waals surface area contributed by atoms with Crippen molar-refractivity contribution >= 4 is 35.0 Å². The van der Waals surface area contributed by atoms with Crippen LogP contribution in [0, 0.1) is 0 Å². The Morgan fingerprint density at radius 1 is 1.24 bits per heavy atom. The number of ether oxygens (including phenoxy) is 1. The summed E-state index contributed by atoms with van der Waals surface area (Å²) in [7, 11) is 1.69. The number of nitrogens with zero attached hydrogens (tertiary/aromatic N) is 1. The lowest BCUT2D eigenvalue weighted by molar-refractivity contribution is 0.199. The van der Waals surface area contributed by atoms with E-state index < -0.39 is 0 Å². The number of pyridine rings is 1. The Kier molecular flexibility index (Phi) is 6.80. The third-order valence-electron chi connectivity index (χ3n) is 2.72. The summed E-state index contributed by atoms with van der Waals surface area (Å²) in [6.07, 6.45) is 1.63. The molecule has 0 amide bonds. The number of aromatic nitrogens is 1. The third-order valence-corrected chi connectivity index (χ3v) is 4.40. The zero-order valence-corrected chi connectivity index (χ0v) is 13.9. The van der Waals surface area contributed by atoms with E-state index >= 15 is 0 Å². The normalized spacial score (nSPS) is 10.8. The van der Waals surface area contributed by atoms with Gasteiger partial charge in [0.05, 0.1) is 16.7 Å². The highest BCUT2D eigenvalue weighted by molar-refractivity contribution is 7.99. The summed E-state index contributed by atoms with van der Waals surface area (Å²) in [5.41, 5.74) is 1.14. The standard InChI is InChI=1S/C15H16Cl2N2OS/c1-20-7-6-18-9-11-2-4-14(13(17)8-11)21-15-5-3-12(16)10-19-15/h2-5,8,10,18H,6-7,9H2,1H3. The number of benzene rings is 1. The molecule has 21 heavy (non-hydrogen) atoms. The maximum absolute atomic E-state index is 6.32. The van der Waals surface area contributed by atoms with Crippen LogP contribution < -0.4 is 5.32 Å². The highest BCUT2D eigenvalue weighted by Crippen LogP contribution is 2.33. The molecule has 0 spiro atoms. The zero-order chi connectivity index (χ0) is 15.1. The van der Waals surface area contributed by atoms with Gasteiger partial charge in [0.1, 0.15) is 5.03 Å². The van der Waals surface area contributed by atoms with Gasteiger partial charge in [0.15, 0.2) is 0 Å². The first-order valence-corrected chi connectivity index (χ1v) is 8.04. The Labute approximate surface area is 139 Å². The van der Waals surface area contributed by atoms with Crippen molar-refractivity contribution in [2.45, 2.75) is 16.5 Å². The second-order valence-corrected chi connectivity index (χ2v) is 6.26. The van der Waals surface area contributed by atoms with Gasteiger partial charge in [-0.05, 0) is 29.8 Å². The predicted molar refractivity (Wildman–Crippen MR) is 88.4 cm³/mol. The molecule has 0 saturated heterocycles. The molecule has 1 N–H and O–H groups in total. The average Bonchev–Trinajstić information content (AvgIpc) is 2.48. The zero-order valence-electron chi connectivity index (χ0n) is 11.6. The minimum absolute atomic E-state index is 0.628. The van der Waals surface area contributed by atoms with Crippen molar-refractivity contribution in [2.75, 3.05) is 20.3 Å². The molecule has 2 aromatic rings. The molecule has 6 heteroatoms. The Morgan fingerprint density at radius 2 is 2.10 bits per heavy atom. The topological polar surface area (TPSA) is 34.1 Å². The molecule has 0 radical (unpaired) electrons. The van der Waals surface area contributed by atoms with Crippen LogP contribution in [-0.4, -0.2) is 25.2 Å². The molecule has 1 aromatic heterocycles. The molecule has 0 fully saturated rings. The second-order valence-electron chi connectivity index (χ2n) is 4.35. The van der Waals surface area contributed by atoms with Crippen molar-refractivity contribution < 1.29 is 4.74 Å². The average molecular weight is 343 g/mol. The van der Waals surface area contributed by atoms with E-state index in [1.165, 1.54) is 11.8 Å². The van der Waals surface area contributed by atoms with Crippen LogP contribution in [0.15, 0.2) is 46.5 Å². The highest BCUT2D eigenvalue weighted by atomic mass is 35.5. The lowest BCUT2D eigenvalue weighted by Gasteiger charge is -2.08. The van der Waals surface area contributed by atoms with Crippen LogP contribution in [0.1, 0.15) is 5.56 Å². The van der Waals surface area contributed by atoms with Crippen molar-refractivity contribution in [1.29, 1.82) is 0 Å². The first-order valence-electron chi connectivity index (χ1n) is 6.46. The summed E-state index contributed by atoms with van der Waals surface area (Å²) in [5, 5.41) is 5.51. The SMILES string of the molecule is COCCNCc1ccc(Sc2ccc(Cl)cn2)c(Cl)c1. The first kappa shape index (κ1) is 16.6. The highest BCUT2D eigenvalue weighted by Gasteiger charge is 2.05. The maximum Gasteiger partial charge on any atom is 0.101 e. The second kappa shape index (κ2) is 8.61. The van der Waals surface area contributed by atoms with Crippen molar-refractivity contribution in [3.05, 3.63) is 52.1 Å². The molecular formula is C15H16Cl2N2OS. The molecule has 0 atom stereocenters. The summed E-state index contributed by atoms with van der Waals surface area (Å²) >= 11 is 13.7. The molecule has 112 valence electrons. The van der Waals surface area contributed by atoms with Gasteiger partial charge in [-0.2, -0.15) is 0 Å². The Morgan fingerprint density at radius 3 is 2.76 bits per heavy atom. The molecule has 2 rings (SSSR count). The molecule has 0 bridgehead atoms. The quantitative estimate of drug-likeness (QED) is 0.761. The Hall–Kier alpha value is -0.780. The minimum Gasteiger partial charge on any atom is -0.383 e. The van der Waals surface area contributed by atoms with E-state index in [-0.39, 0.29) is 0 Å². The molecule has 1 heterocycles. The van der Waals surface area contributed by atoms with Gasteiger partial charge in [0, 0.05) is 31.3 Å². The summed E-state index contributed by atoms with van der Waals surface area (Å²) < 4.78 is 4.99. The van der Waals surface area contributed by atoms with Crippen LogP contribution in [0.5, 0.6) is 0 Å². The summed E-state index contributed by atoms with van der Waals surface area (Å²) in [6.45, 7) is 2.29. The van der Waals surface area contributed by atoms with E-state index in [2.05, 4.69) is 16.4 Å². The minimum atomic E-state index is 0.628. The number of halogens is 2. The monoisotopic (exact) mass is 342 g/mol. The van der Waals surface area contributed by atoms with Crippen molar-refractivity contribution in [1.82, 2.24) is 10.3 Å². The van der Waals surface area contributed by atoms with Gasteiger partial charge in [0.2, 0.25) is 0 Å².